The summed E-state index contributed by atoms with van der Waals surface area (Å²) in [6, 6.07) is 11.4. The second kappa shape index (κ2) is 6.59. The summed E-state index contributed by atoms with van der Waals surface area (Å²) in [6.07, 6.45) is -3.38. The van der Waals surface area contributed by atoms with Crippen LogP contribution in [0.3, 0.4) is 0 Å². The first-order valence-corrected chi connectivity index (χ1v) is 9.13. The van der Waals surface area contributed by atoms with Crippen molar-refractivity contribution in [3.05, 3.63) is 47.7 Å². The third-order valence-electron chi connectivity index (χ3n) is 5.56. The molecule has 1 saturated carbocycles. The molecule has 1 fully saturated rings. The number of rotatable bonds is 2. The van der Waals surface area contributed by atoms with Crippen LogP contribution in [0.2, 0.25) is 0 Å². The largest absolute Gasteiger partial charge is 0.450 e. The molecule has 142 valence electrons. The van der Waals surface area contributed by atoms with Crippen molar-refractivity contribution in [1.82, 2.24) is 5.32 Å². The molecular formula is C21H20F3NO2. The number of furan rings is 1. The standard InChI is InChI=1S/C21H20F3NO2/c1-12-16-11-6-13-4-2-3-5-17(13)19(16)27-18(12)20(26)25-15-9-7-14(8-10-15)21(22,23)24/h2-6,11,14-15H,7-10H2,1H3,(H,25,26). The van der Waals surface area contributed by atoms with Gasteiger partial charge in [-0.2, -0.15) is 13.2 Å². The molecule has 1 amide bonds. The minimum absolute atomic E-state index is 0.0538. The average molecular weight is 375 g/mol. The molecule has 2 aromatic carbocycles. The zero-order chi connectivity index (χ0) is 19.2. The Kier molecular flexibility index (Phi) is 4.36. The van der Waals surface area contributed by atoms with E-state index in [0.717, 1.165) is 21.7 Å². The van der Waals surface area contributed by atoms with Crippen molar-refractivity contribution >= 4 is 27.6 Å². The smallest absolute Gasteiger partial charge is 0.391 e. The van der Waals surface area contributed by atoms with Crippen LogP contribution in [0.25, 0.3) is 21.7 Å². The van der Waals surface area contributed by atoms with Crippen LogP contribution in [0, 0.1) is 12.8 Å². The normalized spacial score (nSPS) is 20.9. The number of hydrogen-bond acceptors (Lipinski definition) is 2. The fourth-order valence-electron chi connectivity index (χ4n) is 3.98. The molecule has 0 bridgehead atoms. The number of hydrogen-bond donors (Lipinski definition) is 1. The Labute approximate surface area is 154 Å². The maximum Gasteiger partial charge on any atom is 0.391 e. The van der Waals surface area contributed by atoms with Gasteiger partial charge in [0.05, 0.1) is 5.92 Å². The molecule has 0 atom stereocenters. The summed E-state index contributed by atoms with van der Waals surface area (Å²) >= 11 is 0. The molecule has 0 radical (unpaired) electrons. The van der Waals surface area contributed by atoms with Gasteiger partial charge in [0.25, 0.3) is 5.91 Å². The molecule has 27 heavy (non-hydrogen) atoms. The number of carbonyl (C=O) groups is 1. The van der Waals surface area contributed by atoms with E-state index in [2.05, 4.69) is 5.32 Å². The van der Waals surface area contributed by atoms with Crippen LogP contribution < -0.4 is 5.32 Å². The SMILES string of the molecule is Cc1c(C(=O)NC2CCC(C(F)(F)F)CC2)oc2c1ccc1ccccc12. The number of fused-ring (bicyclic) bond motifs is 3. The lowest BCUT2D eigenvalue weighted by Gasteiger charge is -2.30. The van der Waals surface area contributed by atoms with Crippen LogP contribution >= 0.6 is 0 Å². The third-order valence-corrected chi connectivity index (χ3v) is 5.56. The van der Waals surface area contributed by atoms with Crippen molar-refractivity contribution in [3.8, 4) is 0 Å². The Bertz CT molecular complexity index is 998. The van der Waals surface area contributed by atoms with Gasteiger partial charge in [0.15, 0.2) is 5.76 Å². The van der Waals surface area contributed by atoms with Gasteiger partial charge >= 0.3 is 6.18 Å². The van der Waals surface area contributed by atoms with E-state index in [0.29, 0.717) is 18.4 Å². The fourth-order valence-corrected chi connectivity index (χ4v) is 3.98. The second-order valence-corrected chi connectivity index (χ2v) is 7.28. The van der Waals surface area contributed by atoms with E-state index in [9.17, 15) is 18.0 Å². The number of aryl methyl sites for hydroxylation is 1. The summed E-state index contributed by atoms with van der Waals surface area (Å²) < 4.78 is 44.3. The summed E-state index contributed by atoms with van der Waals surface area (Å²) in [6.45, 7) is 1.83. The Morgan fingerprint density at radius 3 is 2.44 bits per heavy atom. The first-order chi connectivity index (χ1) is 12.8. The van der Waals surface area contributed by atoms with Gasteiger partial charge in [0.1, 0.15) is 5.58 Å². The van der Waals surface area contributed by atoms with Gasteiger partial charge in [-0.3, -0.25) is 4.79 Å². The predicted molar refractivity (Wildman–Crippen MR) is 97.7 cm³/mol. The third kappa shape index (κ3) is 3.29. The highest BCUT2D eigenvalue weighted by Gasteiger charge is 2.41. The lowest BCUT2D eigenvalue weighted by atomic mass is 9.85. The van der Waals surface area contributed by atoms with Crippen molar-refractivity contribution in [1.29, 1.82) is 0 Å². The number of carbonyl (C=O) groups excluding carboxylic acids is 1. The molecule has 1 aromatic heterocycles. The maximum absolute atomic E-state index is 12.8. The van der Waals surface area contributed by atoms with E-state index >= 15 is 0 Å². The minimum atomic E-state index is -4.15. The number of alkyl halides is 3. The maximum atomic E-state index is 12.8. The molecule has 0 unspecified atom stereocenters. The second-order valence-electron chi connectivity index (χ2n) is 7.28. The van der Waals surface area contributed by atoms with Gasteiger partial charge in [-0.25, -0.2) is 0 Å². The first-order valence-electron chi connectivity index (χ1n) is 9.13. The van der Waals surface area contributed by atoms with Crippen LogP contribution in [0.4, 0.5) is 13.2 Å². The van der Waals surface area contributed by atoms with E-state index < -0.39 is 12.1 Å². The van der Waals surface area contributed by atoms with Crippen LogP contribution in [0.1, 0.15) is 41.8 Å². The van der Waals surface area contributed by atoms with Gasteiger partial charge in [0.2, 0.25) is 0 Å². The summed E-state index contributed by atoms with van der Waals surface area (Å²) in [5.41, 5.74) is 1.41. The van der Waals surface area contributed by atoms with E-state index in [-0.39, 0.29) is 30.6 Å². The number of amides is 1. The number of benzene rings is 2. The Morgan fingerprint density at radius 1 is 1.04 bits per heavy atom. The average Bonchev–Trinajstić information content (AvgIpc) is 2.99. The highest BCUT2D eigenvalue weighted by atomic mass is 19.4. The first kappa shape index (κ1) is 17.9. The summed E-state index contributed by atoms with van der Waals surface area (Å²) in [5, 5.41) is 5.69. The Balaban J connectivity index is 1.55. The van der Waals surface area contributed by atoms with Crippen molar-refractivity contribution in [2.75, 3.05) is 0 Å². The fraction of sp³-hybridized carbons (Fsp3) is 0.381. The monoisotopic (exact) mass is 375 g/mol. The van der Waals surface area contributed by atoms with Crippen LogP contribution in [-0.2, 0) is 0 Å². The van der Waals surface area contributed by atoms with Gasteiger partial charge in [-0.15, -0.1) is 0 Å². The van der Waals surface area contributed by atoms with E-state index in [1.807, 2.05) is 43.3 Å². The van der Waals surface area contributed by atoms with Crippen LogP contribution in [-0.4, -0.2) is 18.1 Å². The Hall–Kier alpha value is -2.50. The minimum Gasteiger partial charge on any atom is -0.450 e. The van der Waals surface area contributed by atoms with E-state index in [1.165, 1.54) is 0 Å². The molecule has 0 aliphatic heterocycles. The zero-order valence-electron chi connectivity index (χ0n) is 14.9. The Morgan fingerprint density at radius 2 is 1.74 bits per heavy atom. The molecule has 1 N–H and O–H groups in total. The van der Waals surface area contributed by atoms with Crippen molar-refractivity contribution in [2.24, 2.45) is 5.92 Å². The molecular weight excluding hydrogens is 355 g/mol. The van der Waals surface area contributed by atoms with Crippen molar-refractivity contribution in [2.45, 2.75) is 44.8 Å². The molecule has 1 aliphatic carbocycles. The van der Waals surface area contributed by atoms with Gasteiger partial charge in [-0.1, -0.05) is 36.4 Å². The van der Waals surface area contributed by atoms with Gasteiger partial charge in [-0.05, 0) is 38.0 Å². The summed E-state index contributed by atoms with van der Waals surface area (Å²) in [4.78, 5) is 12.7. The molecule has 0 spiro atoms. The lowest BCUT2D eigenvalue weighted by Crippen LogP contribution is -2.40. The summed E-state index contributed by atoms with van der Waals surface area (Å²) in [7, 11) is 0. The van der Waals surface area contributed by atoms with Crippen LogP contribution in [0.15, 0.2) is 40.8 Å². The molecule has 0 saturated heterocycles. The highest BCUT2D eigenvalue weighted by molar-refractivity contribution is 6.08. The molecule has 3 nitrogen and oxygen atoms in total. The van der Waals surface area contributed by atoms with Gasteiger partial charge < -0.3 is 9.73 Å². The molecule has 3 aromatic rings. The molecule has 1 heterocycles. The zero-order valence-corrected chi connectivity index (χ0v) is 14.9. The molecule has 6 heteroatoms. The highest BCUT2D eigenvalue weighted by Crippen LogP contribution is 2.38. The predicted octanol–water partition coefficient (Wildman–Crippen LogP) is 5.75. The number of halogens is 3. The van der Waals surface area contributed by atoms with Crippen molar-refractivity contribution in [3.63, 3.8) is 0 Å². The number of nitrogens with one attached hydrogen (secondary N) is 1. The van der Waals surface area contributed by atoms with Gasteiger partial charge in [0, 0.05) is 22.4 Å². The summed E-state index contributed by atoms with van der Waals surface area (Å²) in [5.74, 6) is -1.38. The quantitative estimate of drug-likeness (QED) is 0.620. The van der Waals surface area contributed by atoms with E-state index in [1.54, 1.807) is 0 Å². The molecule has 1 aliphatic rings. The van der Waals surface area contributed by atoms with Crippen molar-refractivity contribution < 1.29 is 22.4 Å². The van der Waals surface area contributed by atoms with E-state index in [4.69, 9.17) is 4.42 Å². The van der Waals surface area contributed by atoms with Crippen LogP contribution in [0.5, 0.6) is 0 Å². The lowest BCUT2D eigenvalue weighted by molar-refractivity contribution is -0.182. The molecule has 4 rings (SSSR count). The topological polar surface area (TPSA) is 42.2 Å².